The maximum absolute atomic E-state index is 4.69. The van der Waals surface area contributed by atoms with E-state index in [4.69, 9.17) is 0 Å². The Labute approximate surface area is 176 Å². The lowest BCUT2D eigenvalue weighted by molar-refractivity contribution is 0.799. The number of guanidine groups is 1. The molecule has 0 saturated heterocycles. The molecule has 0 amide bonds. The summed E-state index contributed by atoms with van der Waals surface area (Å²) in [6.07, 6.45) is 2.48. The summed E-state index contributed by atoms with van der Waals surface area (Å²) >= 11 is 0. The van der Waals surface area contributed by atoms with Crippen LogP contribution in [0.3, 0.4) is 0 Å². The van der Waals surface area contributed by atoms with Gasteiger partial charge in [-0.25, -0.2) is 9.98 Å². The predicted molar refractivity (Wildman–Crippen MR) is 120 cm³/mol. The number of H-pyrrole nitrogens is 1. The highest BCUT2D eigenvalue weighted by atomic mass is 127. The Hall–Kier alpha value is -2.42. The molecule has 0 fully saturated rings. The normalized spacial score (nSPS) is 10.9. The van der Waals surface area contributed by atoms with Gasteiger partial charge in [0.05, 0.1) is 6.54 Å². The van der Waals surface area contributed by atoms with Gasteiger partial charge in [0.1, 0.15) is 6.33 Å². The molecular formula is C20H25IN6. The lowest BCUT2D eigenvalue weighted by atomic mass is 10.1. The Morgan fingerprint density at radius 2 is 1.85 bits per heavy atom. The number of hydrogen-bond acceptors (Lipinski definition) is 3. The predicted octanol–water partition coefficient (Wildman–Crippen LogP) is 3.39. The molecule has 0 saturated carbocycles. The summed E-state index contributed by atoms with van der Waals surface area (Å²) in [4.78, 5) is 8.88. The summed E-state index contributed by atoms with van der Waals surface area (Å²) in [5.74, 6) is 1.59. The number of rotatable bonds is 7. The molecule has 27 heavy (non-hydrogen) atoms. The fourth-order valence-corrected chi connectivity index (χ4v) is 2.64. The number of aromatic nitrogens is 3. The van der Waals surface area contributed by atoms with Crippen LogP contribution in [0.5, 0.6) is 0 Å². The van der Waals surface area contributed by atoms with Gasteiger partial charge >= 0.3 is 0 Å². The SMILES string of the molecule is CCNC(=NCc1cccc(-c2ncn[nH]2)c1)NCCc1ccccc1.I. The Kier molecular flexibility index (Phi) is 8.76. The third kappa shape index (κ3) is 6.67. The molecule has 0 unspecified atom stereocenters. The average molecular weight is 476 g/mol. The molecule has 0 bridgehead atoms. The van der Waals surface area contributed by atoms with Gasteiger partial charge in [-0.15, -0.1) is 24.0 Å². The number of aliphatic imine (C=N–C) groups is 1. The first-order valence-electron chi connectivity index (χ1n) is 8.86. The zero-order valence-electron chi connectivity index (χ0n) is 15.4. The van der Waals surface area contributed by atoms with Crippen molar-refractivity contribution in [3.8, 4) is 11.4 Å². The van der Waals surface area contributed by atoms with E-state index in [1.165, 1.54) is 11.9 Å². The van der Waals surface area contributed by atoms with Gasteiger partial charge in [0.15, 0.2) is 11.8 Å². The van der Waals surface area contributed by atoms with Crippen molar-refractivity contribution in [2.45, 2.75) is 19.9 Å². The first-order chi connectivity index (χ1) is 12.8. The molecule has 0 aliphatic rings. The molecule has 0 aliphatic heterocycles. The molecule has 3 rings (SSSR count). The largest absolute Gasteiger partial charge is 0.357 e. The number of hydrogen-bond donors (Lipinski definition) is 3. The Morgan fingerprint density at radius 3 is 2.59 bits per heavy atom. The van der Waals surface area contributed by atoms with Gasteiger partial charge in [0.2, 0.25) is 0 Å². The number of aromatic amines is 1. The molecule has 3 N–H and O–H groups in total. The number of nitrogens with one attached hydrogen (secondary N) is 3. The molecule has 0 atom stereocenters. The third-order valence-corrected chi connectivity index (χ3v) is 3.93. The fraction of sp³-hybridized carbons (Fsp3) is 0.250. The van der Waals surface area contributed by atoms with Gasteiger partial charge in [0.25, 0.3) is 0 Å². The van der Waals surface area contributed by atoms with Crippen LogP contribution in [0, 0.1) is 0 Å². The van der Waals surface area contributed by atoms with Crippen LogP contribution >= 0.6 is 24.0 Å². The first kappa shape index (κ1) is 20.9. The lowest BCUT2D eigenvalue weighted by Crippen LogP contribution is -2.38. The van der Waals surface area contributed by atoms with Crippen molar-refractivity contribution in [3.05, 3.63) is 72.1 Å². The molecule has 0 radical (unpaired) electrons. The second-order valence-electron chi connectivity index (χ2n) is 5.89. The molecule has 7 heteroatoms. The number of nitrogens with zero attached hydrogens (tertiary/aromatic N) is 3. The van der Waals surface area contributed by atoms with Gasteiger partial charge in [-0.2, -0.15) is 5.10 Å². The molecule has 6 nitrogen and oxygen atoms in total. The van der Waals surface area contributed by atoms with Crippen LogP contribution in [0.15, 0.2) is 65.9 Å². The van der Waals surface area contributed by atoms with Gasteiger partial charge < -0.3 is 10.6 Å². The topological polar surface area (TPSA) is 78.0 Å². The lowest BCUT2D eigenvalue weighted by Gasteiger charge is -2.11. The second kappa shape index (κ2) is 11.3. The van der Waals surface area contributed by atoms with E-state index in [0.29, 0.717) is 6.54 Å². The highest BCUT2D eigenvalue weighted by molar-refractivity contribution is 14.0. The standard InChI is InChI=1S/C20H24N6.HI/c1-2-21-20(22-12-11-16-7-4-3-5-8-16)23-14-17-9-6-10-18(13-17)19-24-15-25-26-19;/h3-10,13,15H,2,11-12,14H2,1H3,(H2,21,22,23)(H,24,25,26);1H. The molecule has 0 spiro atoms. The monoisotopic (exact) mass is 476 g/mol. The van der Waals surface area contributed by atoms with E-state index in [-0.39, 0.29) is 24.0 Å². The quantitative estimate of drug-likeness (QED) is 0.278. The van der Waals surface area contributed by atoms with Crippen molar-refractivity contribution in [1.82, 2.24) is 25.8 Å². The van der Waals surface area contributed by atoms with Crippen LogP contribution in [-0.4, -0.2) is 34.2 Å². The van der Waals surface area contributed by atoms with Crippen molar-refractivity contribution >= 4 is 29.9 Å². The van der Waals surface area contributed by atoms with E-state index < -0.39 is 0 Å². The molecular weight excluding hydrogens is 451 g/mol. The Balaban J connectivity index is 0.00000261. The van der Waals surface area contributed by atoms with Gasteiger partial charge in [0, 0.05) is 18.7 Å². The smallest absolute Gasteiger partial charge is 0.191 e. The molecule has 2 aromatic carbocycles. The van der Waals surface area contributed by atoms with Crippen molar-refractivity contribution < 1.29 is 0 Å². The van der Waals surface area contributed by atoms with Crippen LogP contribution in [0.2, 0.25) is 0 Å². The molecule has 0 aliphatic carbocycles. The summed E-state index contributed by atoms with van der Waals surface area (Å²) in [5, 5.41) is 13.5. The van der Waals surface area contributed by atoms with E-state index in [9.17, 15) is 0 Å². The molecule has 1 aromatic heterocycles. The van der Waals surface area contributed by atoms with Gasteiger partial charge in [-0.1, -0.05) is 48.5 Å². The summed E-state index contributed by atoms with van der Waals surface area (Å²) < 4.78 is 0. The zero-order chi connectivity index (χ0) is 18.0. The van der Waals surface area contributed by atoms with Crippen LogP contribution in [-0.2, 0) is 13.0 Å². The highest BCUT2D eigenvalue weighted by Gasteiger charge is 2.02. The maximum Gasteiger partial charge on any atom is 0.191 e. The zero-order valence-corrected chi connectivity index (χ0v) is 17.7. The minimum atomic E-state index is 0. The van der Waals surface area contributed by atoms with Crippen LogP contribution in [0.4, 0.5) is 0 Å². The fourth-order valence-electron chi connectivity index (χ4n) is 2.64. The highest BCUT2D eigenvalue weighted by Crippen LogP contribution is 2.15. The summed E-state index contributed by atoms with van der Waals surface area (Å²) in [6.45, 7) is 4.34. The minimum absolute atomic E-state index is 0. The molecule has 1 heterocycles. The van der Waals surface area contributed by atoms with Crippen molar-refractivity contribution in [2.75, 3.05) is 13.1 Å². The number of halogens is 1. The molecule has 3 aromatic rings. The summed E-state index contributed by atoms with van der Waals surface area (Å²) in [5.41, 5.74) is 3.45. The van der Waals surface area contributed by atoms with Crippen LogP contribution < -0.4 is 10.6 Å². The van der Waals surface area contributed by atoms with Gasteiger partial charge in [-0.05, 0) is 30.5 Å². The van der Waals surface area contributed by atoms with Gasteiger partial charge in [-0.3, -0.25) is 5.10 Å². The Bertz CT molecular complexity index is 818. The molecule has 142 valence electrons. The maximum atomic E-state index is 4.69. The van der Waals surface area contributed by atoms with Crippen LogP contribution in [0.1, 0.15) is 18.1 Å². The minimum Gasteiger partial charge on any atom is -0.357 e. The van der Waals surface area contributed by atoms with Crippen molar-refractivity contribution in [2.24, 2.45) is 4.99 Å². The van der Waals surface area contributed by atoms with Crippen molar-refractivity contribution in [3.63, 3.8) is 0 Å². The average Bonchev–Trinajstić information content (AvgIpc) is 3.22. The third-order valence-electron chi connectivity index (χ3n) is 3.93. The number of benzene rings is 2. The Morgan fingerprint density at radius 1 is 1.04 bits per heavy atom. The first-order valence-corrected chi connectivity index (χ1v) is 8.86. The van der Waals surface area contributed by atoms with E-state index in [1.54, 1.807) is 0 Å². The van der Waals surface area contributed by atoms with Crippen LogP contribution in [0.25, 0.3) is 11.4 Å². The van der Waals surface area contributed by atoms with E-state index >= 15 is 0 Å². The summed E-state index contributed by atoms with van der Waals surface area (Å²) in [6, 6.07) is 18.6. The second-order valence-corrected chi connectivity index (χ2v) is 5.89. The summed E-state index contributed by atoms with van der Waals surface area (Å²) in [7, 11) is 0. The van der Waals surface area contributed by atoms with E-state index in [2.05, 4.69) is 74.1 Å². The van der Waals surface area contributed by atoms with Crippen molar-refractivity contribution in [1.29, 1.82) is 0 Å². The van der Waals surface area contributed by atoms with E-state index in [1.807, 2.05) is 18.2 Å². The van der Waals surface area contributed by atoms with E-state index in [0.717, 1.165) is 42.4 Å².